The Hall–Kier alpha value is -3.49. The highest BCUT2D eigenvalue weighted by atomic mass is 16.4. The summed E-state index contributed by atoms with van der Waals surface area (Å²) < 4.78 is 5.35. The fourth-order valence-electron chi connectivity index (χ4n) is 3.54. The van der Waals surface area contributed by atoms with Crippen molar-refractivity contribution in [3.63, 3.8) is 0 Å². The number of aliphatic hydroxyl groups is 2. The molecule has 0 unspecified atom stereocenters. The number of benzene rings is 2. The van der Waals surface area contributed by atoms with Crippen LogP contribution in [0.5, 0.6) is 0 Å². The molecule has 2 amide bonds. The van der Waals surface area contributed by atoms with Crippen molar-refractivity contribution in [1.29, 1.82) is 0 Å². The lowest BCUT2D eigenvalue weighted by Crippen LogP contribution is -2.49. The maximum atomic E-state index is 12.5. The molecule has 0 radical (unpaired) electrons. The van der Waals surface area contributed by atoms with E-state index in [-0.39, 0.29) is 12.4 Å². The lowest BCUT2D eigenvalue weighted by molar-refractivity contribution is -0.153. The number of aliphatic hydroxyl groups excluding tert-OH is 2. The van der Waals surface area contributed by atoms with Crippen molar-refractivity contribution in [3.05, 3.63) is 89.1 Å². The highest BCUT2D eigenvalue weighted by Crippen LogP contribution is 2.23. The summed E-state index contributed by atoms with van der Waals surface area (Å²) >= 11 is 0. The van der Waals surface area contributed by atoms with Gasteiger partial charge in [-0.15, -0.1) is 0 Å². The van der Waals surface area contributed by atoms with Gasteiger partial charge in [0.05, 0.1) is 12.2 Å². The topological polar surface area (TPSA) is 116 Å². The molecule has 0 bridgehead atoms. The Bertz CT molecular complexity index is 1040. The van der Waals surface area contributed by atoms with Crippen molar-refractivity contribution in [2.24, 2.45) is 0 Å². The van der Waals surface area contributed by atoms with Crippen LogP contribution in [0.3, 0.4) is 0 Å². The Morgan fingerprint density at radius 1 is 1.00 bits per heavy atom. The summed E-state index contributed by atoms with van der Waals surface area (Å²) in [6.07, 6.45) is -1.65. The maximum absolute atomic E-state index is 12.5. The molecule has 0 fully saturated rings. The van der Waals surface area contributed by atoms with Crippen LogP contribution in [0.1, 0.15) is 28.3 Å². The predicted molar refractivity (Wildman–Crippen MR) is 110 cm³/mol. The van der Waals surface area contributed by atoms with E-state index in [9.17, 15) is 19.8 Å². The molecule has 0 saturated carbocycles. The van der Waals surface area contributed by atoms with Crippen molar-refractivity contribution >= 4 is 11.8 Å². The van der Waals surface area contributed by atoms with Crippen LogP contribution in [0, 0.1) is 0 Å². The SMILES string of the molecule is O=C(NCc1nc(Cc2ccccc2)co1)[C@H](O)[C@@H](O)C(=O)N1Cc2ccccc2C1. The summed E-state index contributed by atoms with van der Waals surface area (Å²) in [5.74, 6) is -1.30. The number of hydrogen-bond acceptors (Lipinski definition) is 6. The fraction of sp³-hybridized carbons (Fsp3) is 0.261. The first-order valence-electron chi connectivity index (χ1n) is 9.98. The van der Waals surface area contributed by atoms with Crippen molar-refractivity contribution in [3.8, 4) is 0 Å². The molecule has 31 heavy (non-hydrogen) atoms. The van der Waals surface area contributed by atoms with Crippen molar-refractivity contribution < 1.29 is 24.2 Å². The van der Waals surface area contributed by atoms with Gasteiger partial charge in [-0.3, -0.25) is 9.59 Å². The van der Waals surface area contributed by atoms with Gasteiger partial charge in [-0.2, -0.15) is 0 Å². The Balaban J connectivity index is 1.28. The molecule has 3 N–H and O–H groups in total. The van der Waals surface area contributed by atoms with E-state index in [4.69, 9.17) is 4.42 Å². The zero-order valence-electron chi connectivity index (χ0n) is 16.8. The van der Waals surface area contributed by atoms with E-state index in [1.54, 1.807) is 0 Å². The largest absolute Gasteiger partial charge is 0.447 e. The summed E-state index contributed by atoms with van der Waals surface area (Å²) in [6, 6.07) is 17.3. The van der Waals surface area contributed by atoms with Gasteiger partial charge >= 0.3 is 0 Å². The van der Waals surface area contributed by atoms with Crippen LogP contribution in [-0.4, -0.2) is 44.1 Å². The number of carbonyl (C=O) groups excluding carboxylic acids is 2. The predicted octanol–water partition coefficient (Wildman–Crippen LogP) is 1.15. The first-order valence-corrected chi connectivity index (χ1v) is 9.98. The molecule has 0 spiro atoms. The molecule has 2 heterocycles. The summed E-state index contributed by atoms with van der Waals surface area (Å²) in [6.45, 7) is 0.600. The Morgan fingerprint density at radius 3 is 2.32 bits per heavy atom. The molecule has 3 aromatic rings. The summed E-state index contributed by atoms with van der Waals surface area (Å²) in [7, 11) is 0. The highest BCUT2D eigenvalue weighted by Gasteiger charge is 2.35. The van der Waals surface area contributed by atoms with E-state index in [1.165, 1.54) is 11.2 Å². The van der Waals surface area contributed by atoms with E-state index in [1.807, 2.05) is 54.6 Å². The summed E-state index contributed by atoms with van der Waals surface area (Å²) in [5.41, 5.74) is 3.75. The minimum Gasteiger partial charge on any atom is -0.447 e. The standard InChI is InChI=1S/C23H23N3O5/c27-20(21(28)23(30)26-12-16-8-4-5-9-17(16)13-26)22(29)24-11-19-25-18(14-31-19)10-15-6-2-1-3-7-15/h1-9,14,20-21,27-28H,10-13H2,(H,24,29)/t20-,21-/m1/s1. The summed E-state index contributed by atoms with van der Waals surface area (Å²) in [5, 5.41) is 22.8. The number of nitrogens with zero attached hydrogens (tertiary/aromatic N) is 2. The van der Waals surface area contributed by atoms with Gasteiger partial charge in [-0.1, -0.05) is 54.6 Å². The van der Waals surface area contributed by atoms with Crippen molar-refractivity contribution in [2.75, 3.05) is 0 Å². The molecule has 160 valence electrons. The number of carbonyl (C=O) groups is 2. The van der Waals surface area contributed by atoms with Crippen molar-refractivity contribution in [2.45, 2.75) is 38.3 Å². The second-order valence-corrected chi connectivity index (χ2v) is 7.47. The normalized spacial score (nSPS) is 14.7. The third-order valence-electron chi connectivity index (χ3n) is 5.21. The average molecular weight is 421 g/mol. The van der Waals surface area contributed by atoms with Gasteiger partial charge in [0.1, 0.15) is 6.26 Å². The smallest absolute Gasteiger partial charge is 0.255 e. The average Bonchev–Trinajstić information content (AvgIpc) is 3.43. The second-order valence-electron chi connectivity index (χ2n) is 7.47. The molecule has 0 saturated heterocycles. The van der Waals surface area contributed by atoms with Crippen LogP contribution >= 0.6 is 0 Å². The van der Waals surface area contributed by atoms with Crippen LogP contribution < -0.4 is 5.32 Å². The van der Waals surface area contributed by atoms with Gasteiger partial charge in [0.2, 0.25) is 5.89 Å². The van der Waals surface area contributed by atoms with Gasteiger partial charge < -0.3 is 24.8 Å². The molecule has 2 aromatic carbocycles. The third kappa shape index (κ3) is 4.82. The molecular weight excluding hydrogens is 398 g/mol. The molecule has 0 aliphatic carbocycles. The quantitative estimate of drug-likeness (QED) is 0.527. The Kier molecular flexibility index (Phi) is 6.11. The van der Waals surface area contributed by atoms with Gasteiger partial charge in [0, 0.05) is 19.5 Å². The number of nitrogens with one attached hydrogen (secondary N) is 1. The van der Waals surface area contributed by atoms with E-state index >= 15 is 0 Å². The molecule has 1 aliphatic rings. The van der Waals surface area contributed by atoms with Crippen LogP contribution in [0.2, 0.25) is 0 Å². The number of fused-ring (bicyclic) bond motifs is 1. The first kappa shape index (κ1) is 20.8. The number of aromatic nitrogens is 1. The molecule has 1 aromatic heterocycles. The van der Waals surface area contributed by atoms with E-state index in [2.05, 4.69) is 10.3 Å². The number of rotatable bonds is 7. The van der Waals surface area contributed by atoms with Crippen molar-refractivity contribution in [1.82, 2.24) is 15.2 Å². The van der Waals surface area contributed by atoms with Gasteiger partial charge in [0.15, 0.2) is 12.2 Å². The maximum Gasteiger partial charge on any atom is 0.255 e. The number of oxazole rings is 1. The molecule has 8 heteroatoms. The highest BCUT2D eigenvalue weighted by molar-refractivity contribution is 5.90. The third-order valence-corrected chi connectivity index (χ3v) is 5.21. The second kappa shape index (κ2) is 9.11. The van der Waals surface area contributed by atoms with Crippen LogP contribution in [-0.2, 0) is 35.6 Å². The number of amides is 2. The molecule has 1 aliphatic heterocycles. The minimum atomic E-state index is -1.89. The minimum absolute atomic E-state index is 0.0687. The number of hydrogen-bond donors (Lipinski definition) is 3. The molecule has 8 nitrogen and oxygen atoms in total. The molecule has 2 atom stereocenters. The lowest BCUT2D eigenvalue weighted by atomic mass is 10.1. The lowest BCUT2D eigenvalue weighted by Gasteiger charge is -2.22. The zero-order valence-corrected chi connectivity index (χ0v) is 16.8. The van der Waals surface area contributed by atoms with E-state index in [0.29, 0.717) is 25.2 Å². The van der Waals surface area contributed by atoms with Crippen LogP contribution in [0.15, 0.2) is 65.3 Å². The summed E-state index contributed by atoms with van der Waals surface area (Å²) in [4.78, 5) is 30.5. The van der Waals surface area contributed by atoms with Crippen LogP contribution in [0.4, 0.5) is 0 Å². The van der Waals surface area contributed by atoms with E-state index < -0.39 is 24.0 Å². The molecular formula is C23H23N3O5. The van der Waals surface area contributed by atoms with E-state index in [0.717, 1.165) is 16.7 Å². The fourth-order valence-corrected chi connectivity index (χ4v) is 3.54. The van der Waals surface area contributed by atoms with Crippen LogP contribution in [0.25, 0.3) is 0 Å². The van der Waals surface area contributed by atoms with Gasteiger partial charge in [-0.05, 0) is 16.7 Å². The first-order chi connectivity index (χ1) is 15.0. The van der Waals surface area contributed by atoms with Gasteiger partial charge in [-0.25, -0.2) is 4.98 Å². The molecule has 4 rings (SSSR count). The monoisotopic (exact) mass is 421 g/mol. The Labute approximate surface area is 179 Å². The zero-order chi connectivity index (χ0) is 21.8. The Morgan fingerprint density at radius 2 is 1.65 bits per heavy atom. The van der Waals surface area contributed by atoms with Gasteiger partial charge in [0.25, 0.3) is 11.8 Å².